The minimum absolute atomic E-state index is 0.211. The molecule has 1 saturated carbocycles. The van der Waals surface area contributed by atoms with Crippen LogP contribution in [-0.4, -0.2) is 13.7 Å². The van der Waals surface area contributed by atoms with E-state index in [0.717, 1.165) is 43.6 Å². The summed E-state index contributed by atoms with van der Waals surface area (Å²) in [5, 5.41) is 9.58. The van der Waals surface area contributed by atoms with Crippen LogP contribution < -0.4 is 9.47 Å². The summed E-state index contributed by atoms with van der Waals surface area (Å²) in [7, 11) is 1.64. The Labute approximate surface area is 127 Å². The molecule has 1 fully saturated rings. The maximum atomic E-state index is 9.58. The summed E-state index contributed by atoms with van der Waals surface area (Å²) in [5.41, 5.74) is 0.168. The van der Waals surface area contributed by atoms with Crippen LogP contribution in [0.1, 0.15) is 46.0 Å². The molecular weight excluding hydrogens is 262 g/mol. The molecule has 1 aliphatic rings. The van der Waals surface area contributed by atoms with Crippen molar-refractivity contribution in [2.24, 2.45) is 10.8 Å². The first-order valence-corrected chi connectivity index (χ1v) is 7.67. The van der Waals surface area contributed by atoms with Crippen molar-refractivity contribution < 1.29 is 9.47 Å². The number of nitrogens with zero attached hydrogens (tertiary/aromatic N) is 1. The predicted octanol–water partition coefficient (Wildman–Crippen LogP) is 4.57. The van der Waals surface area contributed by atoms with Crippen molar-refractivity contribution in [3.8, 4) is 17.6 Å². The largest absolute Gasteiger partial charge is 0.493 e. The van der Waals surface area contributed by atoms with E-state index in [4.69, 9.17) is 9.47 Å². The Kier molecular flexibility index (Phi) is 4.77. The average Bonchev–Trinajstić information content (AvgIpc) is 2.50. The minimum atomic E-state index is -0.211. The fourth-order valence-corrected chi connectivity index (χ4v) is 2.92. The third-order valence-corrected chi connectivity index (χ3v) is 4.71. The molecule has 0 saturated heterocycles. The van der Waals surface area contributed by atoms with Gasteiger partial charge >= 0.3 is 0 Å². The van der Waals surface area contributed by atoms with Gasteiger partial charge in [0.05, 0.1) is 25.2 Å². The van der Waals surface area contributed by atoms with Crippen LogP contribution in [0.2, 0.25) is 0 Å². The average molecular weight is 287 g/mol. The molecule has 114 valence electrons. The molecule has 0 heterocycles. The third kappa shape index (κ3) is 3.91. The van der Waals surface area contributed by atoms with Crippen molar-refractivity contribution in [2.45, 2.75) is 46.0 Å². The van der Waals surface area contributed by atoms with Crippen LogP contribution in [0.3, 0.4) is 0 Å². The van der Waals surface area contributed by atoms with Crippen LogP contribution >= 0.6 is 0 Å². The van der Waals surface area contributed by atoms with Gasteiger partial charge in [-0.25, -0.2) is 0 Å². The van der Waals surface area contributed by atoms with Gasteiger partial charge in [0, 0.05) is 6.42 Å². The molecule has 0 radical (unpaired) electrons. The number of nitriles is 1. The number of ether oxygens (including phenoxy) is 2. The van der Waals surface area contributed by atoms with E-state index in [0.29, 0.717) is 12.0 Å². The maximum absolute atomic E-state index is 9.58. The number of hydrogen-bond donors (Lipinski definition) is 0. The Bertz CT molecular complexity index is 506. The fourth-order valence-electron chi connectivity index (χ4n) is 2.92. The molecule has 1 aromatic rings. The molecular formula is C18H25NO2. The van der Waals surface area contributed by atoms with Gasteiger partial charge in [0.2, 0.25) is 0 Å². The molecule has 21 heavy (non-hydrogen) atoms. The lowest BCUT2D eigenvalue weighted by molar-refractivity contribution is 0.120. The normalized spacial score (nSPS) is 19.5. The van der Waals surface area contributed by atoms with Gasteiger partial charge < -0.3 is 9.47 Å². The van der Waals surface area contributed by atoms with Crippen molar-refractivity contribution in [1.29, 1.82) is 5.26 Å². The molecule has 1 aliphatic carbocycles. The molecule has 2 rings (SSSR count). The fraction of sp³-hybridized carbons (Fsp3) is 0.611. The molecule has 0 atom stereocenters. The summed E-state index contributed by atoms with van der Waals surface area (Å²) < 4.78 is 11.1. The molecule has 0 N–H and O–H groups in total. The SMILES string of the molecule is COc1ccccc1OCCC1(C#N)CCC(C)(C)CC1. The van der Waals surface area contributed by atoms with Gasteiger partial charge in [0.25, 0.3) is 0 Å². The van der Waals surface area contributed by atoms with Crippen LogP contribution in [0.5, 0.6) is 11.5 Å². The minimum Gasteiger partial charge on any atom is -0.493 e. The topological polar surface area (TPSA) is 42.2 Å². The van der Waals surface area contributed by atoms with Gasteiger partial charge in [-0.2, -0.15) is 5.26 Å². The quantitative estimate of drug-likeness (QED) is 0.796. The van der Waals surface area contributed by atoms with Crippen molar-refractivity contribution in [3.05, 3.63) is 24.3 Å². The molecule has 0 aromatic heterocycles. The van der Waals surface area contributed by atoms with Gasteiger partial charge in [0.15, 0.2) is 11.5 Å². The Balaban J connectivity index is 1.91. The first-order valence-electron chi connectivity index (χ1n) is 7.67. The zero-order valence-electron chi connectivity index (χ0n) is 13.3. The first-order chi connectivity index (χ1) is 10.0. The second-order valence-electron chi connectivity index (χ2n) is 6.81. The van der Waals surface area contributed by atoms with Crippen LogP contribution in [0, 0.1) is 22.2 Å². The number of para-hydroxylation sites is 2. The van der Waals surface area contributed by atoms with E-state index < -0.39 is 0 Å². The number of hydrogen-bond acceptors (Lipinski definition) is 3. The molecule has 3 heteroatoms. The van der Waals surface area contributed by atoms with Crippen molar-refractivity contribution >= 4 is 0 Å². The molecule has 0 bridgehead atoms. The summed E-state index contributed by atoms with van der Waals surface area (Å²) in [6.45, 7) is 5.15. The Morgan fingerprint density at radius 3 is 2.29 bits per heavy atom. The van der Waals surface area contributed by atoms with Crippen LogP contribution in [0.15, 0.2) is 24.3 Å². The van der Waals surface area contributed by atoms with E-state index in [2.05, 4.69) is 19.9 Å². The summed E-state index contributed by atoms with van der Waals surface area (Å²) >= 11 is 0. The van der Waals surface area contributed by atoms with E-state index in [1.165, 1.54) is 0 Å². The molecule has 0 amide bonds. The smallest absolute Gasteiger partial charge is 0.161 e. The van der Waals surface area contributed by atoms with Gasteiger partial charge in [-0.05, 0) is 43.2 Å². The highest BCUT2D eigenvalue weighted by atomic mass is 16.5. The lowest BCUT2D eigenvalue weighted by Crippen LogP contribution is -2.31. The van der Waals surface area contributed by atoms with E-state index in [-0.39, 0.29) is 5.41 Å². The van der Waals surface area contributed by atoms with Crippen molar-refractivity contribution in [1.82, 2.24) is 0 Å². The van der Waals surface area contributed by atoms with Gasteiger partial charge in [-0.15, -0.1) is 0 Å². The van der Waals surface area contributed by atoms with E-state index in [1.807, 2.05) is 24.3 Å². The summed E-state index contributed by atoms with van der Waals surface area (Å²) in [6.07, 6.45) is 4.99. The molecule has 0 spiro atoms. The highest BCUT2D eigenvalue weighted by Gasteiger charge is 2.38. The first kappa shape index (κ1) is 15.7. The highest BCUT2D eigenvalue weighted by molar-refractivity contribution is 5.39. The monoisotopic (exact) mass is 287 g/mol. The molecule has 0 unspecified atom stereocenters. The Hall–Kier alpha value is -1.69. The Morgan fingerprint density at radius 2 is 1.71 bits per heavy atom. The zero-order valence-corrected chi connectivity index (χ0v) is 13.3. The number of methoxy groups -OCH3 is 1. The van der Waals surface area contributed by atoms with Crippen LogP contribution in [0.25, 0.3) is 0 Å². The van der Waals surface area contributed by atoms with E-state index in [1.54, 1.807) is 7.11 Å². The summed E-state index contributed by atoms with van der Waals surface area (Å²) in [4.78, 5) is 0. The van der Waals surface area contributed by atoms with Gasteiger partial charge in [-0.3, -0.25) is 0 Å². The number of benzene rings is 1. The molecule has 3 nitrogen and oxygen atoms in total. The number of rotatable bonds is 5. The van der Waals surface area contributed by atoms with Crippen molar-refractivity contribution in [2.75, 3.05) is 13.7 Å². The van der Waals surface area contributed by atoms with Crippen LogP contribution in [0.4, 0.5) is 0 Å². The lowest BCUT2D eigenvalue weighted by Gasteiger charge is -2.39. The lowest BCUT2D eigenvalue weighted by atomic mass is 9.64. The predicted molar refractivity (Wildman–Crippen MR) is 83.4 cm³/mol. The van der Waals surface area contributed by atoms with Crippen LogP contribution in [-0.2, 0) is 0 Å². The van der Waals surface area contributed by atoms with E-state index in [9.17, 15) is 5.26 Å². The van der Waals surface area contributed by atoms with Crippen molar-refractivity contribution in [3.63, 3.8) is 0 Å². The Morgan fingerprint density at radius 1 is 1.10 bits per heavy atom. The highest BCUT2D eigenvalue weighted by Crippen LogP contribution is 2.46. The third-order valence-electron chi connectivity index (χ3n) is 4.71. The second kappa shape index (κ2) is 6.39. The second-order valence-corrected chi connectivity index (χ2v) is 6.81. The summed E-state index contributed by atoms with van der Waals surface area (Å²) in [5.74, 6) is 1.50. The zero-order chi connectivity index (χ0) is 15.3. The van der Waals surface area contributed by atoms with Gasteiger partial charge in [-0.1, -0.05) is 26.0 Å². The van der Waals surface area contributed by atoms with E-state index >= 15 is 0 Å². The van der Waals surface area contributed by atoms with Gasteiger partial charge in [0.1, 0.15) is 0 Å². The summed E-state index contributed by atoms with van der Waals surface area (Å²) in [6, 6.07) is 10.2. The standard InChI is InChI=1S/C18H25NO2/c1-17(2)8-10-18(14-19,11-9-17)12-13-21-16-7-5-4-6-15(16)20-3/h4-7H,8-13H2,1-3H3. The maximum Gasteiger partial charge on any atom is 0.161 e. The molecule has 1 aromatic carbocycles. The molecule has 0 aliphatic heterocycles.